The Morgan fingerprint density at radius 3 is 2.55 bits per heavy atom. The molecule has 1 aromatic heterocycles. The van der Waals surface area contributed by atoms with Gasteiger partial charge in [0.2, 0.25) is 5.91 Å². The van der Waals surface area contributed by atoms with Crippen molar-refractivity contribution in [1.29, 1.82) is 0 Å². The SMILES string of the molecule is N[C@H](C(=O)NCCCCCCO)c1ccc(C(=O)O)[nH]1. The molecule has 0 aliphatic carbocycles. The number of nitrogens with two attached hydrogens (primary N) is 1. The molecule has 0 aromatic carbocycles. The molecule has 7 heteroatoms. The summed E-state index contributed by atoms with van der Waals surface area (Å²) in [6.45, 7) is 0.709. The number of aliphatic hydroxyl groups is 1. The predicted molar refractivity (Wildman–Crippen MR) is 73.2 cm³/mol. The third-order valence-corrected chi connectivity index (χ3v) is 2.94. The Morgan fingerprint density at radius 2 is 1.95 bits per heavy atom. The number of nitrogens with one attached hydrogen (secondary N) is 2. The fourth-order valence-electron chi connectivity index (χ4n) is 1.77. The number of aliphatic hydroxyl groups excluding tert-OH is 1. The first-order valence-corrected chi connectivity index (χ1v) is 6.62. The molecule has 0 aliphatic rings. The van der Waals surface area contributed by atoms with E-state index in [9.17, 15) is 9.59 Å². The normalized spacial score (nSPS) is 12.1. The van der Waals surface area contributed by atoms with E-state index in [2.05, 4.69) is 10.3 Å². The summed E-state index contributed by atoms with van der Waals surface area (Å²) in [5.74, 6) is -1.43. The van der Waals surface area contributed by atoms with Crippen LogP contribution in [0.5, 0.6) is 0 Å². The Hall–Kier alpha value is -1.86. The molecule has 7 nitrogen and oxygen atoms in total. The van der Waals surface area contributed by atoms with Gasteiger partial charge in [-0.15, -0.1) is 0 Å². The number of aromatic carboxylic acids is 1. The van der Waals surface area contributed by atoms with Gasteiger partial charge >= 0.3 is 5.97 Å². The van der Waals surface area contributed by atoms with Crippen molar-refractivity contribution in [2.75, 3.05) is 13.2 Å². The second-order valence-electron chi connectivity index (χ2n) is 4.54. The third-order valence-electron chi connectivity index (χ3n) is 2.94. The van der Waals surface area contributed by atoms with Crippen molar-refractivity contribution in [2.45, 2.75) is 31.7 Å². The van der Waals surface area contributed by atoms with Crippen LogP contribution in [0.4, 0.5) is 0 Å². The predicted octanol–water partition coefficient (Wildman–Crippen LogP) is 0.382. The lowest BCUT2D eigenvalue weighted by Gasteiger charge is -2.10. The Labute approximate surface area is 117 Å². The van der Waals surface area contributed by atoms with Crippen LogP contribution in [0.2, 0.25) is 0 Å². The lowest BCUT2D eigenvalue weighted by molar-refractivity contribution is -0.122. The summed E-state index contributed by atoms with van der Waals surface area (Å²) in [4.78, 5) is 25.1. The summed E-state index contributed by atoms with van der Waals surface area (Å²) in [7, 11) is 0. The van der Waals surface area contributed by atoms with E-state index in [1.54, 1.807) is 0 Å². The molecule has 0 radical (unpaired) electrons. The fourth-order valence-corrected chi connectivity index (χ4v) is 1.77. The van der Waals surface area contributed by atoms with Crippen LogP contribution in [-0.2, 0) is 4.79 Å². The Kier molecular flexibility index (Phi) is 6.75. The minimum absolute atomic E-state index is 0.00672. The lowest BCUT2D eigenvalue weighted by Crippen LogP contribution is -2.34. The van der Waals surface area contributed by atoms with Gasteiger partial charge in [-0.2, -0.15) is 0 Å². The van der Waals surface area contributed by atoms with Gasteiger partial charge in [0.1, 0.15) is 11.7 Å². The third kappa shape index (κ3) is 5.02. The lowest BCUT2D eigenvalue weighted by atomic mass is 10.2. The van der Waals surface area contributed by atoms with Gasteiger partial charge in [0, 0.05) is 18.8 Å². The number of hydrogen-bond donors (Lipinski definition) is 5. The quantitative estimate of drug-likeness (QED) is 0.418. The number of carbonyl (C=O) groups excluding carboxylic acids is 1. The number of carboxylic acid groups (broad SMARTS) is 1. The number of H-pyrrole nitrogens is 1. The minimum atomic E-state index is -1.09. The molecule has 6 N–H and O–H groups in total. The van der Waals surface area contributed by atoms with Gasteiger partial charge in [-0.05, 0) is 25.0 Å². The van der Waals surface area contributed by atoms with Crippen molar-refractivity contribution >= 4 is 11.9 Å². The van der Waals surface area contributed by atoms with E-state index in [1.165, 1.54) is 12.1 Å². The Morgan fingerprint density at radius 1 is 1.25 bits per heavy atom. The van der Waals surface area contributed by atoms with Gasteiger partial charge in [0.25, 0.3) is 0 Å². The van der Waals surface area contributed by atoms with E-state index < -0.39 is 12.0 Å². The van der Waals surface area contributed by atoms with Gasteiger partial charge in [0.05, 0.1) is 0 Å². The number of unbranched alkanes of at least 4 members (excludes halogenated alkanes) is 3. The van der Waals surface area contributed by atoms with Gasteiger partial charge in [-0.3, -0.25) is 4.79 Å². The van der Waals surface area contributed by atoms with Crippen molar-refractivity contribution < 1.29 is 19.8 Å². The van der Waals surface area contributed by atoms with Crippen LogP contribution in [0.25, 0.3) is 0 Å². The highest BCUT2D eigenvalue weighted by Gasteiger charge is 2.18. The summed E-state index contributed by atoms with van der Waals surface area (Å²) in [5.41, 5.74) is 6.13. The van der Waals surface area contributed by atoms with Crippen molar-refractivity contribution in [2.24, 2.45) is 5.73 Å². The molecule has 0 aliphatic heterocycles. The molecule has 0 fully saturated rings. The smallest absolute Gasteiger partial charge is 0.352 e. The maximum Gasteiger partial charge on any atom is 0.352 e. The Balaban J connectivity index is 2.33. The maximum absolute atomic E-state index is 11.8. The molecule has 0 unspecified atom stereocenters. The minimum Gasteiger partial charge on any atom is -0.477 e. The average Bonchev–Trinajstić information content (AvgIpc) is 2.91. The zero-order valence-electron chi connectivity index (χ0n) is 11.3. The number of rotatable bonds is 9. The van der Waals surface area contributed by atoms with E-state index in [4.69, 9.17) is 15.9 Å². The monoisotopic (exact) mass is 283 g/mol. The standard InChI is InChI=1S/C13H21N3O4/c14-11(9-5-6-10(16-9)13(19)20)12(18)15-7-3-1-2-4-8-17/h5-6,11,16-17H,1-4,7-8,14H2,(H,15,18)(H,19,20)/t11-/m0/s1. The number of carboxylic acids is 1. The van der Waals surface area contributed by atoms with E-state index in [1.807, 2.05) is 0 Å². The summed E-state index contributed by atoms with van der Waals surface area (Å²) < 4.78 is 0. The van der Waals surface area contributed by atoms with E-state index in [0.717, 1.165) is 25.7 Å². The molecule has 1 amide bonds. The molecule has 0 saturated carbocycles. The largest absolute Gasteiger partial charge is 0.477 e. The summed E-state index contributed by atoms with van der Waals surface area (Å²) in [5, 5.41) is 20.1. The first-order valence-electron chi connectivity index (χ1n) is 6.62. The number of hydrogen-bond acceptors (Lipinski definition) is 4. The van der Waals surface area contributed by atoms with Crippen molar-refractivity contribution in [3.63, 3.8) is 0 Å². The highest BCUT2D eigenvalue weighted by Crippen LogP contribution is 2.10. The first-order chi connectivity index (χ1) is 9.56. The second kappa shape index (κ2) is 8.34. The molecule has 20 heavy (non-hydrogen) atoms. The zero-order chi connectivity index (χ0) is 15.0. The molecular formula is C13H21N3O4. The van der Waals surface area contributed by atoms with E-state index in [-0.39, 0.29) is 18.2 Å². The van der Waals surface area contributed by atoms with E-state index in [0.29, 0.717) is 12.2 Å². The molecular weight excluding hydrogens is 262 g/mol. The van der Waals surface area contributed by atoms with Gasteiger partial charge < -0.3 is 26.2 Å². The molecule has 112 valence electrons. The number of amides is 1. The van der Waals surface area contributed by atoms with Crippen LogP contribution >= 0.6 is 0 Å². The number of aromatic nitrogens is 1. The van der Waals surface area contributed by atoms with E-state index >= 15 is 0 Å². The number of aromatic amines is 1. The van der Waals surface area contributed by atoms with Crippen LogP contribution in [0, 0.1) is 0 Å². The summed E-state index contributed by atoms with van der Waals surface area (Å²) >= 11 is 0. The zero-order valence-corrected chi connectivity index (χ0v) is 11.3. The molecule has 0 saturated heterocycles. The van der Waals surface area contributed by atoms with Gasteiger partial charge in [-0.25, -0.2) is 4.79 Å². The topological polar surface area (TPSA) is 128 Å². The molecule has 1 rings (SSSR count). The van der Waals surface area contributed by atoms with Crippen LogP contribution in [0.15, 0.2) is 12.1 Å². The Bertz CT molecular complexity index is 445. The first kappa shape index (κ1) is 16.2. The van der Waals surface area contributed by atoms with Crippen LogP contribution in [0.3, 0.4) is 0 Å². The number of carbonyl (C=O) groups is 2. The van der Waals surface area contributed by atoms with Crippen LogP contribution in [-0.4, -0.2) is 40.2 Å². The molecule has 1 atom stereocenters. The highest BCUT2D eigenvalue weighted by atomic mass is 16.4. The van der Waals surface area contributed by atoms with Crippen molar-refractivity contribution in [3.8, 4) is 0 Å². The fraction of sp³-hybridized carbons (Fsp3) is 0.538. The average molecular weight is 283 g/mol. The molecule has 1 heterocycles. The van der Waals surface area contributed by atoms with Crippen LogP contribution in [0.1, 0.15) is 47.9 Å². The van der Waals surface area contributed by atoms with Gasteiger partial charge in [0.15, 0.2) is 0 Å². The highest BCUT2D eigenvalue weighted by molar-refractivity contribution is 5.87. The van der Waals surface area contributed by atoms with Crippen LogP contribution < -0.4 is 11.1 Å². The maximum atomic E-state index is 11.8. The van der Waals surface area contributed by atoms with Gasteiger partial charge in [-0.1, -0.05) is 12.8 Å². The molecule has 1 aromatic rings. The van der Waals surface area contributed by atoms with Crippen molar-refractivity contribution in [1.82, 2.24) is 10.3 Å². The molecule has 0 bridgehead atoms. The van der Waals surface area contributed by atoms with Crippen molar-refractivity contribution in [3.05, 3.63) is 23.5 Å². The molecule has 0 spiro atoms. The summed E-state index contributed by atoms with van der Waals surface area (Å²) in [6, 6.07) is 1.97. The summed E-state index contributed by atoms with van der Waals surface area (Å²) in [6.07, 6.45) is 3.45. The second-order valence-corrected chi connectivity index (χ2v) is 4.54.